The molecule has 5 nitrogen and oxygen atoms in total. The smallest absolute Gasteiger partial charge is 0.317 e. The molecule has 1 rings (SSSR count). The lowest BCUT2D eigenvalue weighted by atomic mass is 10.1. The Balaban J connectivity index is 2.93. The molecule has 18 heavy (non-hydrogen) atoms. The summed E-state index contributed by atoms with van der Waals surface area (Å²) < 4.78 is 10.4. The van der Waals surface area contributed by atoms with E-state index in [1.807, 2.05) is 6.07 Å². The second kappa shape index (κ2) is 7.13. The Bertz CT molecular complexity index is 411. The van der Waals surface area contributed by atoms with Crippen molar-refractivity contribution in [1.29, 1.82) is 0 Å². The minimum Gasteiger partial charge on any atom is -0.497 e. The van der Waals surface area contributed by atoms with Gasteiger partial charge in [0.1, 0.15) is 11.5 Å². The van der Waals surface area contributed by atoms with E-state index >= 15 is 0 Å². The standard InChI is InChI=1S/C12H17NO4S/c1-16-8-3-4-9(11(5-8)17-2)10(7-18)13-6-12(14)15/h3-5,10,13,18H,6-7H2,1-2H3,(H,14,15). The number of benzene rings is 1. The van der Waals surface area contributed by atoms with Gasteiger partial charge in [0.05, 0.1) is 20.8 Å². The largest absolute Gasteiger partial charge is 0.497 e. The number of aliphatic carboxylic acids is 1. The van der Waals surface area contributed by atoms with Gasteiger partial charge in [0, 0.05) is 23.4 Å². The van der Waals surface area contributed by atoms with Gasteiger partial charge < -0.3 is 14.6 Å². The van der Waals surface area contributed by atoms with Crippen LogP contribution in [-0.2, 0) is 4.79 Å². The molecule has 1 aromatic rings. The quantitative estimate of drug-likeness (QED) is 0.653. The molecule has 0 bridgehead atoms. The van der Waals surface area contributed by atoms with Gasteiger partial charge in [-0.1, -0.05) is 6.07 Å². The molecule has 0 saturated carbocycles. The van der Waals surface area contributed by atoms with Crippen LogP contribution in [0.1, 0.15) is 11.6 Å². The highest BCUT2D eigenvalue weighted by molar-refractivity contribution is 7.80. The van der Waals surface area contributed by atoms with Crippen molar-refractivity contribution in [3.8, 4) is 11.5 Å². The van der Waals surface area contributed by atoms with Crippen molar-refractivity contribution < 1.29 is 19.4 Å². The molecule has 6 heteroatoms. The average molecular weight is 271 g/mol. The van der Waals surface area contributed by atoms with Gasteiger partial charge in [-0.15, -0.1) is 0 Å². The predicted molar refractivity (Wildman–Crippen MR) is 71.8 cm³/mol. The van der Waals surface area contributed by atoms with Gasteiger partial charge in [-0.3, -0.25) is 10.1 Å². The lowest BCUT2D eigenvalue weighted by molar-refractivity contribution is -0.136. The summed E-state index contributed by atoms with van der Waals surface area (Å²) in [4.78, 5) is 10.6. The molecule has 0 fully saturated rings. The van der Waals surface area contributed by atoms with Crippen LogP contribution in [0.15, 0.2) is 18.2 Å². The first-order chi connectivity index (χ1) is 8.62. The summed E-state index contributed by atoms with van der Waals surface area (Å²) in [5.41, 5.74) is 0.856. The van der Waals surface area contributed by atoms with E-state index in [0.717, 1.165) is 5.56 Å². The minimum atomic E-state index is -0.908. The Kier molecular flexibility index (Phi) is 5.80. The normalized spacial score (nSPS) is 11.9. The lowest BCUT2D eigenvalue weighted by Gasteiger charge is -2.19. The van der Waals surface area contributed by atoms with E-state index in [2.05, 4.69) is 17.9 Å². The van der Waals surface area contributed by atoms with Crippen molar-refractivity contribution in [3.63, 3.8) is 0 Å². The summed E-state index contributed by atoms with van der Waals surface area (Å²) in [5.74, 6) is 0.892. The van der Waals surface area contributed by atoms with Crippen LogP contribution < -0.4 is 14.8 Å². The molecule has 0 aliphatic rings. The molecule has 0 heterocycles. The van der Waals surface area contributed by atoms with Crippen LogP contribution in [-0.4, -0.2) is 37.6 Å². The number of rotatable bonds is 7. The van der Waals surface area contributed by atoms with Crippen molar-refractivity contribution in [1.82, 2.24) is 5.32 Å². The van der Waals surface area contributed by atoms with Crippen LogP contribution in [0.5, 0.6) is 11.5 Å². The van der Waals surface area contributed by atoms with Crippen molar-refractivity contribution in [2.75, 3.05) is 26.5 Å². The van der Waals surface area contributed by atoms with E-state index in [9.17, 15) is 4.79 Å². The maximum Gasteiger partial charge on any atom is 0.317 e. The summed E-state index contributed by atoms with van der Waals surface area (Å²) in [6, 6.07) is 5.21. The number of thiol groups is 1. The van der Waals surface area contributed by atoms with E-state index in [-0.39, 0.29) is 12.6 Å². The zero-order valence-corrected chi connectivity index (χ0v) is 11.2. The molecule has 0 aromatic heterocycles. The van der Waals surface area contributed by atoms with Gasteiger partial charge in [-0.2, -0.15) is 12.6 Å². The van der Waals surface area contributed by atoms with E-state index in [1.165, 1.54) is 0 Å². The van der Waals surface area contributed by atoms with Crippen molar-refractivity contribution in [2.24, 2.45) is 0 Å². The van der Waals surface area contributed by atoms with Crippen LogP contribution in [0, 0.1) is 0 Å². The molecular formula is C12H17NO4S. The summed E-state index contributed by atoms with van der Waals surface area (Å²) in [5, 5.41) is 11.6. The van der Waals surface area contributed by atoms with Crippen LogP contribution in [0.4, 0.5) is 0 Å². The van der Waals surface area contributed by atoms with E-state index in [1.54, 1.807) is 26.4 Å². The molecule has 1 atom stereocenters. The number of ether oxygens (including phenoxy) is 2. The van der Waals surface area contributed by atoms with Gasteiger partial charge >= 0.3 is 5.97 Å². The van der Waals surface area contributed by atoms with Crippen LogP contribution in [0.2, 0.25) is 0 Å². The molecule has 1 unspecified atom stereocenters. The van der Waals surface area contributed by atoms with Crippen molar-refractivity contribution in [3.05, 3.63) is 23.8 Å². The first-order valence-electron chi connectivity index (χ1n) is 5.40. The average Bonchev–Trinajstić information content (AvgIpc) is 2.39. The Labute approximate surface area is 112 Å². The Hall–Kier alpha value is -1.40. The van der Waals surface area contributed by atoms with Gasteiger partial charge in [-0.25, -0.2) is 0 Å². The minimum absolute atomic E-state index is 0.125. The van der Waals surface area contributed by atoms with Crippen molar-refractivity contribution in [2.45, 2.75) is 6.04 Å². The Morgan fingerprint density at radius 1 is 1.44 bits per heavy atom. The van der Waals surface area contributed by atoms with E-state index in [4.69, 9.17) is 14.6 Å². The number of methoxy groups -OCH3 is 2. The van der Waals surface area contributed by atoms with E-state index < -0.39 is 5.97 Å². The summed E-state index contributed by atoms with van der Waals surface area (Å²) in [6.07, 6.45) is 0. The third kappa shape index (κ3) is 3.82. The highest BCUT2D eigenvalue weighted by Gasteiger charge is 2.16. The second-order valence-electron chi connectivity index (χ2n) is 3.62. The summed E-state index contributed by atoms with van der Waals surface area (Å²) in [6.45, 7) is -0.125. The SMILES string of the molecule is COc1ccc(C(CS)NCC(=O)O)c(OC)c1. The van der Waals surface area contributed by atoms with Crippen LogP contribution in [0.25, 0.3) is 0 Å². The zero-order valence-electron chi connectivity index (χ0n) is 10.3. The van der Waals surface area contributed by atoms with E-state index in [0.29, 0.717) is 17.3 Å². The van der Waals surface area contributed by atoms with Gasteiger partial charge in [-0.05, 0) is 6.07 Å². The Morgan fingerprint density at radius 2 is 2.17 bits per heavy atom. The van der Waals surface area contributed by atoms with Gasteiger partial charge in [0.15, 0.2) is 0 Å². The number of hydrogen-bond acceptors (Lipinski definition) is 5. The third-order valence-corrected chi connectivity index (χ3v) is 2.86. The van der Waals surface area contributed by atoms with Crippen LogP contribution >= 0.6 is 12.6 Å². The monoisotopic (exact) mass is 271 g/mol. The number of nitrogens with one attached hydrogen (secondary N) is 1. The van der Waals surface area contributed by atoms with Crippen LogP contribution in [0.3, 0.4) is 0 Å². The summed E-state index contributed by atoms with van der Waals surface area (Å²) >= 11 is 4.22. The van der Waals surface area contributed by atoms with Gasteiger partial charge in [0.25, 0.3) is 0 Å². The fraction of sp³-hybridized carbons (Fsp3) is 0.417. The molecular weight excluding hydrogens is 254 g/mol. The fourth-order valence-electron chi connectivity index (χ4n) is 1.59. The number of carboxylic acid groups (broad SMARTS) is 1. The second-order valence-corrected chi connectivity index (χ2v) is 3.98. The maximum atomic E-state index is 10.6. The highest BCUT2D eigenvalue weighted by atomic mass is 32.1. The van der Waals surface area contributed by atoms with Gasteiger partial charge in [0.2, 0.25) is 0 Å². The molecule has 0 aliphatic heterocycles. The molecule has 2 N–H and O–H groups in total. The lowest BCUT2D eigenvalue weighted by Crippen LogP contribution is -2.28. The number of carboxylic acids is 1. The first kappa shape index (κ1) is 14.7. The number of carbonyl (C=O) groups is 1. The molecule has 0 aliphatic carbocycles. The Morgan fingerprint density at radius 3 is 2.67 bits per heavy atom. The molecule has 0 saturated heterocycles. The first-order valence-corrected chi connectivity index (χ1v) is 6.03. The molecule has 100 valence electrons. The number of hydrogen-bond donors (Lipinski definition) is 3. The molecule has 0 radical (unpaired) electrons. The fourth-order valence-corrected chi connectivity index (χ4v) is 1.92. The van der Waals surface area contributed by atoms with Crippen molar-refractivity contribution >= 4 is 18.6 Å². The zero-order chi connectivity index (χ0) is 13.5. The highest BCUT2D eigenvalue weighted by Crippen LogP contribution is 2.29. The third-order valence-electron chi connectivity index (χ3n) is 2.50. The topological polar surface area (TPSA) is 67.8 Å². The predicted octanol–water partition coefficient (Wildman–Crippen LogP) is 1.35. The molecule has 1 aromatic carbocycles. The molecule has 0 spiro atoms. The summed E-state index contributed by atoms with van der Waals surface area (Å²) in [7, 11) is 3.14. The maximum absolute atomic E-state index is 10.6. The molecule has 0 amide bonds.